The third kappa shape index (κ3) is 4.09. The van der Waals surface area contributed by atoms with Crippen molar-refractivity contribution >= 4 is 22.2 Å². The molecule has 0 spiro atoms. The average molecular weight is 402 g/mol. The molecule has 0 radical (unpaired) electrons. The van der Waals surface area contributed by atoms with E-state index >= 15 is 0 Å². The third-order valence-corrected chi connectivity index (χ3v) is 6.49. The molecule has 2 heterocycles. The number of rotatable bonds is 4. The summed E-state index contributed by atoms with van der Waals surface area (Å²) in [5.41, 5.74) is 5.65. The number of hydrogen-bond acceptors (Lipinski definition) is 4. The number of thiophene rings is 1. The van der Waals surface area contributed by atoms with Crippen molar-refractivity contribution in [2.45, 2.75) is 33.4 Å². The Hall–Kier alpha value is -2.94. The Labute approximate surface area is 175 Å². The minimum Gasteiger partial charge on any atom is -0.312 e. The quantitative estimate of drug-likeness (QED) is 0.666. The van der Waals surface area contributed by atoms with Crippen LogP contribution in [0.5, 0.6) is 0 Å². The highest BCUT2D eigenvalue weighted by Crippen LogP contribution is 2.37. The number of fused-ring (bicyclic) bond motifs is 1. The number of anilines is 1. The molecule has 1 aliphatic rings. The molecule has 1 aliphatic heterocycles. The van der Waals surface area contributed by atoms with E-state index in [1.807, 2.05) is 38.1 Å². The van der Waals surface area contributed by atoms with Gasteiger partial charge in [0.2, 0.25) is 0 Å². The summed E-state index contributed by atoms with van der Waals surface area (Å²) in [6.45, 7) is 6.52. The van der Waals surface area contributed by atoms with Crippen molar-refractivity contribution < 1.29 is 4.79 Å². The molecule has 0 saturated carbocycles. The third-order valence-electron chi connectivity index (χ3n) is 5.36. The van der Waals surface area contributed by atoms with Gasteiger partial charge in [-0.05, 0) is 43.0 Å². The number of amides is 1. The van der Waals surface area contributed by atoms with Crippen molar-refractivity contribution in [3.8, 4) is 6.07 Å². The van der Waals surface area contributed by atoms with Gasteiger partial charge in [-0.25, -0.2) is 0 Å². The van der Waals surface area contributed by atoms with Crippen molar-refractivity contribution in [3.63, 3.8) is 0 Å². The maximum Gasteiger partial charge on any atom is 0.256 e. The summed E-state index contributed by atoms with van der Waals surface area (Å²) in [6, 6.07) is 18.6. The summed E-state index contributed by atoms with van der Waals surface area (Å²) < 4.78 is 0. The van der Waals surface area contributed by atoms with Crippen LogP contribution in [0.25, 0.3) is 0 Å². The molecule has 0 unspecified atom stereocenters. The molecule has 4 rings (SSSR count). The summed E-state index contributed by atoms with van der Waals surface area (Å²) in [6.07, 6.45) is 0.834. The van der Waals surface area contributed by atoms with Gasteiger partial charge in [0.15, 0.2) is 0 Å². The van der Waals surface area contributed by atoms with E-state index in [2.05, 4.69) is 40.6 Å². The molecule has 5 heteroatoms. The van der Waals surface area contributed by atoms with Crippen LogP contribution in [0.15, 0.2) is 48.5 Å². The number of nitrogens with one attached hydrogen (secondary N) is 1. The smallest absolute Gasteiger partial charge is 0.256 e. The first-order chi connectivity index (χ1) is 14.0. The van der Waals surface area contributed by atoms with Crippen LogP contribution in [0.1, 0.15) is 43.1 Å². The van der Waals surface area contributed by atoms with E-state index in [0.717, 1.165) is 42.7 Å². The second kappa shape index (κ2) is 8.20. The van der Waals surface area contributed by atoms with Gasteiger partial charge < -0.3 is 5.32 Å². The molecule has 0 atom stereocenters. The molecule has 3 aromatic rings. The molecule has 0 aliphatic carbocycles. The van der Waals surface area contributed by atoms with Crippen molar-refractivity contribution in [1.29, 1.82) is 5.26 Å². The zero-order valence-corrected chi connectivity index (χ0v) is 17.5. The second-order valence-electron chi connectivity index (χ2n) is 7.54. The minimum absolute atomic E-state index is 0.151. The maximum atomic E-state index is 12.8. The first-order valence-corrected chi connectivity index (χ1v) is 10.6. The second-order valence-corrected chi connectivity index (χ2v) is 8.64. The molecule has 1 aromatic heterocycles. The van der Waals surface area contributed by atoms with Crippen LogP contribution in [-0.2, 0) is 19.5 Å². The van der Waals surface area contributed by atoms with Crippen LogP contribution in [-0.4, -0.2) is 17.4 Å². The average Bonchev–Trinajstić information content (AvgIpc) is 3.06. The van der Waals surface area contributed by atoms with Crippen molar-refractivity contribution in [1.82, 2.24) is 4.90 Å². The lowest BCUT2D eigenvalue weighted by molar-refractivity contribution is 0.102. The molecule has 2 aromatic carbocycles. The predicted octanol–water partition coefficient (Wildman–Crippen LogP) is 5.05. The van der Waals surface area contributed by atoms with E-state index in [4.69, 9.17) is 0 Å². The largest absolute Gasteiger partial charge is 0.312 e. The lowest BCUT2D eigenvalue weighted by Gasteiger charge is -2.26. The van der Waals surface area contributed by atoms with Crippen LogP contribution in [0.2, 0.25) is 0 Å². The van der Waals surface area contributed by atoms with E-state index in [9.17, 15) is 10.1 Å². The minimum atomic E-state index is -0.151. The van der Waals surface area contributed by atoms with Crippen LogP contribution >= 0.6 is 11.3 Å². The van der Waals surface area contributed by atoms with Crippen molar-refractivity contribution in [2.24, 2.45) is 0 Å². The normalized spacial score (nSPS) is 13.6. The van der Waals surface area contributed by atoms with Gasteiger partial charge in [-0.2, -0.15) is 5.26 Å². The fraction of sp³-hybridized carbons (Fsp3) is 0.250. The van der Waals surface area contributed by atoms with Gasteiger partial charge in [0.1, 0.15) is 11.1 Å². The number of carbonyl (C=O) groups is 1. The molecule has 0 saturated heterocycles. The fourth-order valence-electron chi connectivity index (χ4n) is 3.79. The highest BCUT2D eigenvalue weighted by Gasteiger charge is 2.25. The van der Waals surface area contributed by atoms with Crippen LogP contribution < -0.4 is 5.32 Å². The number of aryl methyl sites for hydroxylation is 2. The summed E-state index contributed by atoms with van der Waals surface area (Å²) in [5.74, 6) is -0.151. The highest BCUT2D eigenvalue weighted by molar-refractivity contribution is 7.16. The summed E-state index contributed by atoms with van der Waals surface area (Å²) >= 11 is 1.54. The number of benzene rings is 2. The number of carbonyl (C=O) groups excluding carboxylic acids is 1. The molecular weight excluding hydrogens is 378 g/mol. The van der Waals surface area contributed by atoms with Gasteiger partial charge in [-0.15, -0.1) is 11.3 Å². The first-order valence-electron chi connectivity index (χ1n) is 9.74. The predicted molar refractivity (Wildman–Crippen MR) is 117 cm³/mol. The monoisotopic (exact) mass is 401 g/mol. The number of nitriles is 1. The fourth-order valence-corrected chi connectivity index (χ4v) is 5.03. The van der Waals surface area contributed by atoms with Gasteiger partial charge in [0.25, 0.3) is 5.91 Å². The van der Waals surface area contributed by atoms with Crippen molar-refractivity contribution in [3.05, 3.63) is 86.8 Å². The van der Waals surface area contributed by atoms with Gasteiger partial charge in [0.05, 0.1) is 5.56 Å². The Balaban J connectivity index is 1.55. The summed E-state index contributed by atoms with van der Waals surface area (Å²) in [7, 11) is 0. The Kier molecular flexibility index (Phi) is 5.48. The van der Waals surface area contributed by atoms with Gasteiger partial charge >= 0.3 is 0 Å². The van der Waals surface area contributed by atoms with Crippen molar-refractivity contribution in [2.75, 3.05) is 11.9 Å². The van der Waals surface area contributed by atoms with Gasteiger partial charge in [-0.1, -0.05) is 48.0 Å². The Morgan fingerprint density at radius 2 is 2.00 bits per heavy atom. The Bertz CT molecular complexity index is 1100. The van der Waals surface area contributed by atoms with E-state index in [1.165, 1.54) is 21.8 Å². The van der Waals surface area contributed by atoms with Crippen LogP contribution in [0, 0.1) is 25.2 Å². The molecular formula is C24H23N3OS. The Morgan fingerprint density at radius 1 is 1.21 bits per heavy atom. The topological polar surface area (TPSA) is 56.1 Å². The first kappa shape index (κ1) is 19.4. The molecule has 29 heavy (non-hydrogen) atoms. The van der Waals surface area contributed by atoms with Gasteiger partial charge in [-0.3, -0.25) is 9.69 Å². The molecule has 1 amide bonds. The highest BCUT2D eigenvalue weighted by atomic mass is 32.1. The number of nitrogens with zero attached hydrogens (tertiary/aromatic N) is 2. The lowest BCUT2D eigenvalue weighted by atomic mass is 10.0. The SMILES string of the molecule is Cc1ccc(C)c(C(=O)Nc2sc3c(c2C#N)CCN(Cc2ccccc2)C3)c1. The summed E-state index contributed by atoms with van der Waals surface area (Å²) in [5, 5.41) is 13.4. The Morgan fingerprint density at radius 3 is 2.76 bits per heavy atom. The van der Waals surface area contributed by atoms with Crippen LogP contribution in [0.4, 0.5) is 5.00 Å². The van der Waals surface area contributed by atoms with Crippen LogP contribution in [0.3, 0.4) is 0 Å². The van der Waals surface area contributed by atoms with E-state index in [-0.39, 0.29) is 5.91 Å². The zero-order chi connectivity index (χ0) is 20.4. The lowest BCUT2D eigenvalue weighted by Crippen LogP contribution is -2.29. The summed E-state index contributed by atoms with van der Waals surface area (Å²) in [4.78, 5) is 16.4. The zero-order valence-electron chi connectivity index (χ0n) is 16.7. The number of hydrogen-bond donors (Lipinski definition) is 1. The molecule has 146 valence electrons. The molecule has 4 nitrogen and oxygen atoms in total. The van der Waals surface area contributed by atoms with E-state index in [1.54, 1.807) is 0 Å². The molecule has 0 bridgehead atoms. The van der Waals surface area contributed by atoms with Gasteiger partial charge in [0, 0.05) is 30.1 Å². The molecule has 0 fully saturated rings. The van der Waals surface area contributed by atoms with E-state index in [0.29, 0.717) is 16.1 Å². The standard InChI is InChI=1S/C24H23N3OS/c1-16-8-9-17(2)20(12-16)23(28)26-24-21(13-25)19-10-11-27(15-22(19)29-24)14-18-6-4-3-5-7-18/h3-9,12H,10-11,14-15H2,1-2H3,(H,26,28). The maximum absolute atomic E-state index is 12.8. The molecule has 1 N–H and O–H groups in total. The van der Waals surface area contributed by atoms with E-state index < -0.39 is 0 Å².